The van der Waals surface area contributed by atoms with Crippen molar-refractivity contribution in [2.75, 3.05) is 6.61 Å². The lowest BCUT2D eigenvalue weighted by atomic mass is 10.3. The molecular formula is C10H14FNO3S. The Morgan fingerprint density at radius 3 is 2.62 bits per heavy atom. The molecule has 0 radical (unpaired) electrons. The van der Waals surface area contributed by atoms with Crippen LogP contribution in [0, 0.1) is 5.82 Å². The number of aliphatic hydroxyl groups excluding tert-OH is 1. The van der Waals surface area contributed by atoms with E-state index in [1.165, 1.54) is 18.2 Å². The topological polar surface area (TPSA) is 66.4 Å². The lowest BCUT2D eigenvalue weighted by Gasteiger charge is -2.13. The maximum atomic E-state index is 13.3. The van der Waals surface area contributed by atoms with Crippen molar-refractivity contribution in [2.45, 2.75) is 24.3 Å². The fourth-order valence-electron chi connectivity index (χ4n) is 1.24. The molecule has 1 aromatic rings. The number of nitrogens with one attached hydrogen (secondary N) is 1. The van der Waals surface area contributed by atoms with Gasteiger partial charge in [-0.3, -0.25) is 0 Å². The lowest BCUT2D eigenvalue weighted by Crippen LogP contribution is -2.33. The fraction of sp³-hybridized carbons (Fsp3) is 0.400. The molecule has 1 atom stereocenters. The molecule has 0 spiro atoms. The van der Waals surface area contributed by atoms with Gasteiger partial charge < -0.3 is 5.11 Å². The second kappa shape index (κ2) is 5.38. The number of sulfonamides is 1. The van der Waals surface area contributed by atoms with E-state index in [4.69, 9.17) is 5.11 Å². The Kier molecular flexibility index (Phi) is 4.40. The van der Waals surface area contributed by atoms with E-state index in [1.807, 2.05) is 0 Å². The molecule has 1 aromatic carbocycles. The Morgan fingerprint density at radius 1 is 1.44 bits per heavy atom. The second-order valence-electron chi connectivity index (χ2n) is 3.47. The molecule has 0 saturated carbocycles. The van der Waals surface area contributed by atoms with E-state index in [0.29, 0.717) is 0 Å². The van der Waals surface area contributed by atoms with Gasteiger partial charge in [-0.1, -0.05) is 12.1 Å². The van der Waals surface area contributed by atoms with Crippen LogP contribution in [-0.4, -0.2) is 26.2 Å². The summed E-state index contributed by atoms with van der Waals surface area (Å²) in [6, 6.07) is 4.73. The van der Waals surface area contributed by atoms with Crippen molar-refractivity contribution in [1.82, 2.24) is 4.72 Å². The molecule has 2 N–H and O–H groups in total. The van der Waals surface area contributed by atoms with Gasteiger partial charge in [-0.15, -0.1) is 0 Å². The van der Waals surface area contributed by atoms with Gasteiger partial charge in [0.2, 0.25) is 10.0 Å². The minimum atomic E-state index is -3.85. The number of hydrogen-bond acceptors (Lipinski definition) is 3. The Bertz CT molecular complexity index is 447. The maximum Gasteiger partial charge on any atom is 0.243 e. The van der Waals surface area contributed by atoms with Crippen LogP contribution in [0.5, 0.6) is 0 Å². The summed E-state index contributed by atoms with van der Waals surface area (Å²) in [5, 5.41) is 8.65. The zero-order chi connectivity index (χ0) is 12.2. The van der Waals surface area contributed by atoms with E-state index in [1.54, 1.807) is 6.92 Å². The van der Waals surface area contributed by atoms with Crippen molar-refractivity contribution in [1.29, 1.82) is 0 Å². The first-order valence-electron chi connectivity index (χ1n) is 4.85. The van der Waals surface area contributed by atoms with Gasteiger partial charge >= 0.3 is 0 Å². The molecular weight excluding hydrogens is 233 g/mol. The van der Waals surface area contributed by atoms with Crippen LogP contribution in [-0.2, 0) is 10.0 Å². The molecule has 4 nitrogen and oxygen atoms in total. The van der Waals surface area contributed by atoms with E-state index >= 15 is 0 Å². The highest BCUT2D eigenvalue weighted by molar-refractivity contribution is 7.89. The molecule has 0 aliphatic carbocycles. The van der Waals surface area contributed by atoms with Crippen LogP contribution in [0.25, 0.3) is 0 Å². The van der Waals surface area contributed by atoms with Crippen molar-refractivity contribution in [3.63, 3.8) is 0 Å². The Labute approximate surface area is 94.2 Å². The minimum absolute atomic E-state index is 0.124. The molecule has 0 amide bonds. The van der Waals surface area contributed by atoms with Crippen LogP contribution in [0.4, 0.5) is 4.39 Å². The van der Waals surface area contributed by atoms with Gasteiger partial charge in [0.25, 0.3) is 0 Å². The Hall–Kier alpha value is -0.980. The van der Waals surface area contributed by atoms with E-state index in [9.17, 15) is 12.8 Å². The SMILES string of the molecule is CC(CCO)NS(=O)(=O)c1ccccc1F. The zero-order valence-electron chi connectivity index (χ0n) is 8.85. The third-order valence-corrected chi connectivity index (χ3v) is 3.67. The van der Waals surface area contributed by atoms with Crippen LogP contribution >= 0.6 is 0 Å². The van der Waals surface area contributed by atoms with Crippen LogP contribution in [0.3, 0.4) is 0 Å². The molecule has 6 heteroatoms. The van der Waals surface area contributed by atoms with E-state index in [0.717, 1.165) is 6.07 Å². The molecule has 1 rings (SSSR count). The summed E-state index contributed by atoms with van der Waals surface area (Å²) in [5.41, 5.74) is 0. The van der Waals surface area contributed by atoms with Crippen LogP contribution in [0.15, 0.2) is 29.2 Å². The van der Waals surface area contributed by atoms with Gasteiger partial charge in [-0.25, -0.2) is 17.5 Å². The predicted octanol–water partition coefficient (Wildman–Crippen LogP) is 0.875. The number of aliphatic hydroxyl groups is 1. The normalized spacial score (nSPS) is 13.7. The third-order valence-electron chi connectivity index (χ3n) is 2.04. The Balaban J connectivity index is 2.91. The molecule has 90 valence electrons. The molecule has 0 aromatic heterocycles. The standard InChI is InChI=1S/C10H14FNO3S/c1-8(6-7-13)12-16(14,15)10-5-3-2-4-9(10)11/h2-5,8,12-13H,6-7H2,1H3. The summed E-state index contributed by atoms with van der Waals surface area (Å²) < 4.78 is 39.0. The van der Waals surface area contributed by atoms with Crippen molar-refractivity contribution >= 4 is 10.0 Å². The van der Waals surface area contributed by atoms with Crippen molar-refractivity contribution in [3.8, 4) is 0 Å². The number of halogens is 1. The summed E-state index contributed by atoms with van der Waals surface area (Å²) in [6.07, 6.45) is 0.285. The Morgan fingerprint density at radius 2 is 2.06 bits per heavy atom. The van der Waals surface area contributed by atoms with Gasteiger partial charge in [0, 0.05) is 12.6 Å². The van der Waals surface area contributed by atoms with E-state index in [-0.39, 0.29) is 17.9 Å². The summed E-state index contributed by atoms with van der Waals surface area (Å²) in [7, 11) is -3.85. The first-order valence-corrected chi connectivity index (χ1v) is 6.33. The minimum Gasteiger partial charge on any atom is -0.396 e. The van der Waals surface area contributed by atoms with Gasteiger partial charge in [0.1, 0.15) is 10.7 Å². The molecule has 16 heavy (non-hydrogen) atoms. The van der Waals surface area contributed by atoms with Gasteiger partial charge in [-0.05, 0) is 25.5 Å². The molecule has 0 saturated heterocycles. The number of hydrogen-bond donors (Lipinski definition) is 2. The fourth-order valence-corrected chi connectivity index (χ4v) is 2.60. The largest absolute Gasteiger partial charge is 0.396 e. The van der Waals surface area contributed by atoms with Gasteiger partial charge in [0.05, 0.1) is 0 Å². The molecule has 0 fully saturated rings. The molecule has 0 aliphatic heterocycles. The average Bonchev–Trinajstić information content (AvgIpc) is 2.17. The first kappa shape index (κ1) is 13.1. The highest BCUT2D eigenvalue weighted by atomic mass is 32.2. The third kappa shape index (κ3) is 3.26. The van der Waals surface area contributed by atoms with Crippen molar-refractivity contribution in [2.24, 2.45) is 0 Å². The highest BCUT2D eigenvalue weighted by Crippen LogP contribution is 2.13. The van der Waals surface area contributed by atoms with Crippen LogP contribution in [0.1, 0.15) is 13.3 Å². The lowest BCUT2D eigenvalue weighted by molar-refractivity contribution is 0.275. The van der Waals surface area contributed by atoms with Crippen LogP contribution in [0.2, 0.25) is 0 Å². The molecule has 0 aliphatic rings. The smallest absolute Gasteiger partial charge is 0.243 e. The summed E-state index contributed by atoms with van der Waals surface area (Å²) in [5.74, 6) is -0.786. The number of rotatable bonds is 5. The second-order valence-corrected chi connectivity index (χ2v) is 5.15. The maximum absolute atomic E-state index is 13.3. The highest BCUT2D eigenvalue weighted by Gasteiger charge is 2.20. The van der Waals surface area contributed by atoms with E-state index in [2.05, 4.69) is 4.72 Å². The molecule has 0 heterocycles. The average molecular weight is 247 g/mol. The summed E-state index contributed by atoms with van der Waals surface area (Å²) in [4.78, 5) is -0.375. The predicted molar refractivity (Wildman–Crippen MR) is 57.9 cm³/mol. The quantitative estimate of drug-likeness (QED) is 0.811. The molecule has 1 unspecified atom stereocenters. The monoisotopic (exact) mass is 247 g/mol. The van der Waals surface area contributed by atoms with Gasteiger partial charge in [-0.2, -0.15) is 0 Å². The summed E-state index contributed by atoms with van der Waals surface area (Å²) in [6.45, 7) is 1.48. The van der Waals surface area contributed by atoms with Gasteiger partial charge in [0.15, 0.2) is 0 Å². The van der Waals surface area contributed by atoms with E-state index < -0.39 is 21.9 Å². The molecule has 0 bridgehead atoms. The van der Waals surface area contributed by atoms with Crippen molar-refractivity contribution in [3.05, 3.63) is 30.1 Å². The van der Waals surface area contributed by atoms with Crippen LogP contribution < -0.4 is 4.72 Å². The zero-order valence-corrected chi connectivity index (χ0v) is 9.67. The first-order chi connectivity index (χ1) is 7.47. The number of benzene rings is 1. The summed E-state index contributed by atoms with van der Waals surface area (Å²) >= 11 is 0. The van der Waals surface area contributed by atoms with Crippen molar-refractivity contribution < 1.29 is 17.9 Å².